The van der Waals surface area contributed by atoms with Crippen LogP contribution in [-0.4, -0.2) is 44.5 Å². The van der Waals surface area contributed by atoms with Crippen LogP contribution in [-0.2, 0) is 9.53 Å². The van der Waals surface area contributed by atoms with Crippen molar-refractivity contribution in [2.45, 2.75) is 13.0 Å². The van der Waals surface area contributed by atoms with Crippen LogP contribution in [0.2, 0.25) is 0 Å². The summed E-state index contributed by atoms with van der Waals surface area (Å²) in [4.78, 5) is 63.7. The van der Waals surface area contributed by atoms with Gasteiger partial charge in [-0.05, 0) is 19.1 Å². The summed E-state index contributed by atoms with van der Waals surface area (Å²) in [5.74, 6) is -1.74. The van der Waals surface area contributed by atoms with Crippen LogP contribution >= 0.6 is 11.3 Å². The summed E-state index contributed by atoms with van der Waals surface area (Å²) in [6.07, 6.45) is 1.93. The zero-order chi connectivity index (χ0) is 24.5. The first-order valence-corrected chi connectivity index (χ1v) is 11.4. The zero-order valence-corrected chi connectivity index (χ0v) is 19.0. The highest BCUT2D eigenvalue weighted by atomic mass is 32.1. The number of amides is 1. The van der Waals surface area contributed by atoms with Crippen LogP contribution < -0.4 is 5.32 Å². The van der Waals surface area contributed by atoms with Crippen molar-refractivity contribution in [1.29, 1.82) is 0 Å². The maximum atomic E-state index is 13.1. The maximum Gasteiger partial charge on any atom is 0.358 e. The van der Waals surface area contributed by atoms with Gasteiger partial charge in [0.15, 0.2) is 34.2 Å². The van der Waals surface area contributed by atoms with E-state index in [0.717, 1.165) is 0 Å². The van der Waals surface area contributed by atoms with Crippen molar-refractivity contribution in [1.82, 2.24) is 15.0 Å². The van der Waals surface area contributed by atoms with Crippen LogP contribution in [0.5, 0.6) is 0 Å². The number of thiazole rings is 1. The number of nitrogens with one attached hydrogen (secondary N) is 1. The fraction of sp³-hybridized carbons (Fsp3) is 0.0800. The smallest absolute Gasteiger partial charge is 0.358 e. The summed E-state index contributed by atoms with van der Waals surface area (Å²) in [6.45, 7) is 1.40. The van der Waals surface area contributed by atoms with E-state index in [2.05, 4.69) is 20.3 Å². The van der Waals surface area contributed by atoms with Gasteiger partial charge in [0, 0.05) is 34.5 Å². The fourth-order valence-electron chi connectivity index (χ4n) is 3.64. The van der Waals surface area contributed by atoms with Crippen molar-refractivity contribution in [3.05, 3.63) is 94.3 Å². The molecule has 10 heteroatoms. The molecule has 1 aliphatic carbocycles. The van der Waals surface area contributed by atoms with E-state index in [4.69, 9.17) is 4.74 Å². The molecule has 0 saturated carbocycles. The second-order valence-corrected chi connectivity index (χ2v) is 8.44. The first-order valence-electron chi connectivity index (χ1n) is 10.5. The van der Waals surface area contributed by atoms with Gasteiger partial charge in [-0.2, -0.15) is 0 Å². The van der Waals surface area contributed by atoms with Crippen molar-refractivity contribution in [2.24, 2.45) is 0 Å². The Labute approximate surface area is 202 Å². The Morgan fingerprint density at radius 1 is 0.914 bits per heavy atom. The van der Waals surface area contributed by atoms with Crippen molar-refractivity contribution in [2.75, 3.05) is 5.32 Å². The largest absolute Gasteiger partial charge is 0.448 e. The molecule has 9 nitrogen and oxygen atoms in total. The molecule has 1 aliphatic rings. The lowest BCUT2D eigenvalue weighted by Crippen LogP contribution is -2.31. The summed E-state index contributed by atoms with van der Waals surface area (Å²) in [5.41, 5.74) is 1.09. The van der Waals surface area contributed by atoms with Crippen LogP contribution in [0.1, 0.15) is 49.3 Å². The summed E-state index contributed by atoms with van der Waals surface area (Å²) >= 11 is 1.17. The number of ketones is 2. The third-order valence-electron chi connectivity index (χ3n) is 5.33. The van der Waals surface area contributed by atoms with Gasteiger partial charge in [-0.1, -0.05) is 36.4 Å². The number of ether oxygens (including phenoxy) is 1. The fourth-order valence-corrected chi connectivity index (χ4v) is 4.37. The molecule has 2 aromatic carbocycles. The SMILES string of the molecule is CC(OC(=O)c1csc(-c2ncccn2)n1)C(=O)Nc1cccc2c1C(=O)c1ccccc1C2=O. The van der Waals surface area contributed by atoms with Gasteiger partial charge in [0.1, 0.15) is 0 Å². The highest BCUT2D eigenvalue weighted by Crippen LogP contribution is 2.32. The Morgan fingerprint density at radius 2 is 1.60 bits per heavy atom. The number of carbonyl (C=O) groups excluding carboxylic acids is 4. The van der Waals surface area contributed by atoms with E-state index in [1.54, 1.807) is 54.9 Å². The molecular weight excluding hydrogens is 468 g/mol. The van der Waals surface area contributed by atoms with Gasteiger partial charge < -0.3 is 10.1 Å². The molecule has 4 aromatic rings. The third kappa shape index (κ3) is 4.11. The van der Waals surface area contributed by atoms with E-state index >= 15 is 0 Å². The zero-order valence-electron chi connectivity index (χ0n) is 18.2. The summed E-state index contributed by atoms with van der Waals surface area (Å²) in [7, 11) is 0. The molecule has 0 radical (unpaired) electrons. The number of rotatable bonds is 5. The van der Waals surface area contributed by atoms with Crippen LogP contribution in [0.4, 0.5) is 5.69 Å². The second kappa shape index (κ2) is 8.99. The summed E-state index contributed by atoms with van der Waals surface area (Å²) in [5, 5.41) is 4.55. The predicted molar refractivity (Wildman–Crippen MR) is 126 cm³/mol. The first-order chi connectivity index (χ1) is 16.9. The van der Waals surface area contributed by atoms with Crippen molar-refractivity contribution >= 4 is 40.5 Å². The monoisotopic (exact) mass is 484 g/mol. The molecule has 0 fully saturated rings. The molecule has 172 valence electrons. The number of esters is 1. The summed E-state index contributed by atoms with van der Waals surface area (Å²) < 4.78 is 5.27. The van der Waals surface area contributed by atoms with Gasteiger partial charge in [0.25, 0.3) is 5.91 Å². The van der Waals surface area contributed by atoms with E-state index in [9.17, 15) is 19.2 Å². The molecular formula is C25H16N4O5S. The molecule has 0 saturated heterocycles. The number of nitrogens with zero attached hydrogens (tertiary/aromatic N) is 3. The Balaban J connectivity index is 1.32. The molecule has 1 amide bonds. The Hall–Kier alpha value is -4.57. The number of aromatic nitrogens is 3. The Kier molecular flexibility index (Phi) is 5.71. The predicted octanol–water partition coefficient (Wildman–Crippen LogP) is 3.56. The summed E-state index contributed by atoms with van der Waals surface area (Å²) in [6, 6.07) is 12.8. The topological polar surface area (TPSA) is 128 Å². The lowest BCUT2D eigenvalue weighted by Gasteiger charge is -2.21. The van der Waals surface area contributed by atoms with E-state index in [-0.39, 0.29) is 39.6 Å². The van der Waals surface area contributed by atoms with Gasteiger partial charge in [-0.25, -0.2) is 19.7 Å². The van der Waals surface area contributed by atoms with E-state index in [1.165, 1.54) is 29.7 Å². The number of hydrogen-bond acceptors (Lipinski definition) is 9. The van der Waals surface area contributed by atoms with Gasteiger partial charge in [0.2, 0.25) is 0 Å². The van der Waals surface area contributed by atoms with Gasteiger partial charge >= 0.3 is 5.97 Å². The second-order valence-electron chi connectivity index (χ2n) is 7.58. The molecule has 0 aliphatic heterocycles. The maximum absolute atomic E-state index is 13.1. The van der Waals surface area contributed by atoms with Crippen molar-refractivity contribution in [3.8, 4) is 10.8 Å². The quantitative estimate of drug-likeness (QED) is 0.375. The molecule has 1 unspecified atom stereocenters. The van der Waals surface area contributed by atoms with E-state index < -0.39 is 18.0 Å². The average molecular weight is 484 g/mol. The molecule has 1 atom stereocenters. The molecule has 0 spiro atoms. The number of benzene rings is 2. The van der Waals surface area contributed by atoms with Gasteiger partial charge in [0.05, 0.1) is 11.3 Å². The molecule has 0 bridgehead atoms. The minimum Gasteiger partial charge on any atom is -0.448 e. The lowest BCUT2D eigenvalue weighted by atomic mass is 9.83. The average Bonchev–Trinajstić information content (AvgIpc) is 3.38. The number of hydrogen-bond donors (Lipinski definition) is 1. The van der Waals surface area contributed by atoms with Gasteiger partial charge in [-0.15, -0.1) is 11.3 Å². The molecule has 5 rings (SSSR count). The standard InChI is InChI=1S/C25H16N4O5S/c1-13(34-25(33)18-12-35-24(29-18)22-26-10-5-11-27-22)23(32)28-17-9-4-8-16-19(17)21(31)15-7-3-2-6-14(15)20(16)30/h2-13H,1H3,(H,28,32). The highest BCUT2D eigenvalue weighted by molar-refractivity contribution is 7.13. The molecule has 2 aromatic heterocycles. The van der Waals surface area contributed by atoms with Crippen molar-refractivity contribution < 1.29 is 23.9 Å². The van der Waals surface area contributed by atoms with Gasteiger partial charge in [-0.3, -0.25) is 14.4 Å². The number of fused-ring (bicyclic) bond motifs is 2. The minimum atomic E-state index is -1.20. The van der Waals surface area contributed by atoms with Crippen LogP contribution in [0, 0.1) is 0 Å². The van der Waals surface area contributed by atoms with E-state index in [1.807, 2.05) is 0 Å². The first kappa shape index (κ1) is 22.2. The molecule has 2 heterocycles. The van der Waals surface area contributed by atoms with Crippen LogP contribution in [0.15, 0.2) is 66.3 Å². The number of carbonyl (C=O) groups is 4. The third-order valence-corrected chi connectivity index (χ3v) is 6.17. The highest BCUT2D eigenvalue weighted by Gasteiger charge is 2.32. The van der Waals surface area contributed by atoms with Crippen molar-refractivity contribution in [3.63, 3.8) is 0 Å². The Bertz CT molecular complexity index is 1500. The van der Waals surface area contributed by atoms with Crippen LogP contribution in [0.25, 0.3) is 10.8 Å². The normalized spacial score (nSPS) is 12.9. The lowest BCUT2D eigenvalue weighted by molar-refractivity contribution is -0.123. The molecule has 35 heavy (non-hydrogen) atoms. The number of anilines is 1. The van der Waals surface area contributed by atoms with Crippen LogP contribution in [0.3, 0.4) is 0 Å². The molecule has 1 N–H and O–H groups in total. The van der Waals surface area contributed by atoms with E-state index in [0.29, 0.717) is 16.4 Å². The minimum absolute atomic E-state index is 0.0200. The Morgan fingerprint density at radius 3 is 2.34 bits per heavy atom.